The van der Waals surface area contributed by atoms with E-state index in [4.69, 9.17) is 9.47 Å². The van der Waals surface area contributed by atoms with Gasteiger partial charge in [0.25, 0.3) is 5.56 Å². The van der Waals surface area contributed by atoms with E-state index in [0.29, 0.717) is 17.2 Å². The standard InChI is InChI=1S/C23H23N3O4/c1-15(16-7-5-4-6-8-16)24-22(28)23(2,3)26-21(27)12-10-18(25-26)17-9-11-19-20(13-17)30-14-29-19/h4-13,15H,14H2,1-3H3,(H,24,28). The molecule has 1 unspecified atom stereocenters. The van der Waals surface area contributed by atoms with Gasteiger partial charge in [0, 0.05) is 11.6 Å². The molecule has 1 aliphatic rings. The monoisotopic (exact) mass is 405 g/mol. The minimum Gasteiger partial charge on any atom is -0.454 e. The van der Waals surface area contributed by atoms with Crippen LogP contribution in [0.3, 0.4) is 0 Å². The van der Waals surface area contributed by atoms with Crippen molar-refractivity contribution in [3.8, 4) is 22.8 Å². The fraction of sp³-hybridized carbons (Fsp3) is 0.261. The molecular formula is C23H23N3O4. The molecule has 0 saturated carbocycles. The average molecular weight is 405 g/mol. The van der Waals surface area contributed by atoms with Crippen LogP contribution in [0.4, 0.5) is 0 Å². The zero-order chi connectivity index (χ0) is 21.3. The Hall–Kier alpha value is -3.61. The van der Waals surface area contributed by atoms with Crippen molar-refractivity contribution in [3.05, 3.63) is 76.6 Å². The average Bonchev–Trinajstić information content (AvgIpc) is 3.22. The van der Waals surface area contributed by atoms with Gasteiger partial charge in [-0.2, -0.15) is 5.10 Å². The number of carbonyl (C=O) groups excluding carboxylic acids is 1. The van der Waals surface area contributed by atoms with Crippen LogP contribution in [0.25, 0.3) is 11.3 Å². The Morgan fingerprint density at radius 1 is 1.07 bits per heavy atom. The molecule has 2 heterocycles. The molecule has 0 aliphatic carbocycles. The second-order valence-electron chi connectivity index (χ2n) is 7.70. The van der Waals surface area contributed by atoms with Crippen LogP contribution in [0.5, 0.6) is 11.5 Å². The van der Waals surface area contributed by atoms with Crippen LogP contribution in [0, 0.1) is 0 Å². The maximum atomic E-state index is 13.1. The van der Waals surface area contributed by atoms with Crippen LogP contribution in [0.1, 0.15) is 32.4 Å². The van der Waals surface area contributed by atoms with E-state index in [0.717, 1.165) is 11.1 Å². The van der Waals surface area contributed by atoms with Crippen molar-refractivity contribution >= 4 is 5.91 Å². The Kier molecular flexibility index (Phi) is 5.03. The Morgan fingerprint density at radius 2 is 1.80 bits per heavy atom. The predicted octanol–water partition coefficient (Wildman–Crippen LogP) is 3.25. The van der Waals surface area contributed by atoms with Crippen LogP contribution in [0.15, 0.2) is 65.5 Å². The van der Waals surface area contributed by atoms with Crippen molar-refractivity contribution < 1.29 is 14.3 Å². The van der Waals surface area contributed by atoms with Crippen LogP contribution in [-0.4, -0.2) is 22.5 Å². The summed E-state index contributed by atoms with van der Waals surface area (Å²) in [7, 11) is 0. The van der Waals surface area contributed by atoms with E-state index in [1.807, 2.05) is 49.4 Å². The molecule has 3 aromatic rings. The highest BCUT2D eigenvalue weighted by molar-refractivity contribution is 5.84. The largest absolute Gasteiger partial charge is 0.454 e. The van der Waals surface area contributed by atoms with Gasteiger partial charge in [-0.1, -0.05) is 30.3 Å². The van der Waals surface area contributed by atoms with Crippen molar-refractivity contribution in [1.82, 2.24) is 15.1 Å². The number of nitrogens with one attached hydrogen (secondary N) is 1. The molecule has 7 heteroatoms. The molecule has 1 atom stereocenters. The van der Waals surface area contributed by atoms with Gasteiger partial charge in [0.15, 0.2) is 11.5 Å². The number of fused-ring (bicyclic) bond motifs is 1. The summed E-state index contributed by atoms with van der Waals surface area (Å²) in [5.41, 5.74) is 0.766. The van der Waals surface area contributed by atoms with Gasteiger partial charge in [-0.3, -0.25) is 9.59 Å². The first-order valence-electron chi connectivity index (χ1n) is 9.73. The zero-order valence-corrected chi connectivity index (χ0v) is 17.1. The molecule has 0 radical (unpaired) electrons. The molecule has 2 aromatic carbocycles. The minimum atomic E-state index is -1.19. The number of rotatable bonds is 5. The number of hydrogen-bond donors (Lipinski definition) is 1. The predicted molar refractivity (Wildman–Crippen MR) is 112 cm³/mol. The number of ether oxygens (including phenoxy) is 2. The smallest absolute Gasteiger partial charge is 0.267 e. The lowest BCUT2D eigenvalue weighted by Crippen LogP contribution is -2.50. The SMILES string of the molecule is CC(NC(=O)C(C)(C)n1nc(-c2ccc3c(c2)OCO3)ccc1=O)c1ccccc1. The Bertz CT molecular complexity index is 1140. The molecular weight excluding hydrogens is 382 g/mol. The first-order chi connectivity index (χ1) is 14.4. The number of amides is 1. The van der Waals surface area contributed by atoms with E-state index in [1.165, 1.54) is 10.7 Å². The molecule has 1 aliphatic heterocycles. The van der Waals surface area contributed by atoms with Crippen LogP contribution in [-0.2, 0) is 10.3 Å². The maximum Gasteiger partial charge on any atom is 0.267 e. The lowest BCUT2D eigenvalue weighted by molar-refractivity contribution is -0.129. The lowest BCUT2D eigenvalue weighted by Gasteiger charge is -2.27. The van der Waals surface area contributed by atoms with E-state index in [2.05, 4.69) is 10.4 Å². The summed E-state index contributed by atoms with van der Waals surface area (Å²) in [6, 6.07) is 18.0. The van der Waals surface area contributed by atoms with Crippen molar-refractivity contribution in [2.45, 2.75) is 32.4 Å². The minimum absolute atomic E-state index is 0.179. The molecule has 1 aromatic heterocycles. The van der Waals surface area contributed by atoms with Gasteiger partial charge in [0.05, 0.1) is 11.7 Å². The molecule has 4 rings (SSSR count). The number of aromatic nitrogens is 2. The van der Waals surface area contributed by atoms with Crippen LogP contribution < -0.4 is 20.3 Å². The van der Waals surface area contributed by atoms with Gasteiger partial charge in [0.1, 0.15) is 5.54 Å². The molecule has 0 fully saturated rings. The number of hydrogen-bond acceptors (Lipinski definition) is 5. The second kappa shape index (κ2) is 7.67. The lowest BCUT2D eigenvalue weighted by atomic mass is 10.0. The zero-order valence-electron chi connectivity index (χ0n) is 17.1. The highest BCUT2D eigenvalue weighted by atomic mass is 16.7. The Labute approximate surface area is 174 Å². The third-order valence-corrected chi connectivity index (χ3v) is 5.20. The fourth-order valence-electron chi connectivity index (χ4n) is 3.32. The summed E-state index contributed by atoms with van der Waals surface area (Å²) >= 11 is 0. The summed E-state index contributed by atoms with van der Waals surface area (Å²) in [6.45, 7) is 5.44. The molecule has 1 N–H and O–H groups in total. The molecule has 154 valence electrons. The summed E-state index contributed by atoms with van der Waals surface area (Å²) in [4.78, 5) is 25.6. The summed E-state index contributed by atoms with van der Waals surface area (Å²) in [5, 5.41) is 7.47. The number of nitrogens with zero attached hydrogens (tertiary/aromatic N) is 2. The third-order valence-electron chi connectivity index (χ3n) is 5.20. The van der Waals surface area contributed by atoms with Crippen molar-refractivity contribution in [3.63, 3.8) is 0 Å². The van der Waals surface area contributed by atoms with Crippen molar-refractivity contribution in [1.29, 1.82) is 0 Å². The number of carbonyl (C=O) groups is 1. The first-order valence-corrected chi connectivity index (χ1v) is 9.73. The van der Waals surface area contributed by atoms with Gasteiger partial charge in [-0.05, 0) is 50.6 Å². The van der Waals surface area contributed by atoms with Crippen LogP contribution >= 0.6 is 0 Å². The highest BCUT2D eigenvalue weighted by Gasteiger charge is 2.33. The van der Waals surface area contributed by atoms with E-state index >= 15 is 0 Å². The summed E-state index contributed by atoms with van der Waals surface area (Å²) in [6.07, 6.45) is 0. The van der Waals surface area contributed by atoms with E-state index in [9.17, 15) is 9.59 Å². The van der Waals surface area contributed by atoms with E-state index in [1.54, 1.807) is 26.0 Å². The van der Waals surface area contributed by atoms with Gasteiger partial charge in [-0.25, -0.2) is 4.68 Å². The van der Waals surface area contributed by atoms with E-state index < -0.39 is 5.54 Å². The van der Waals surface area contributed by atoms with Gasteiger partial charge < -0.3 is 14.8 Å². The molecule has 7 nitrogen and oxygen atoms in total. The second-order valence-corrected chi connectivity index (χ2v) is 7.70. The van der Waals surface area contributed by atoms with Gasteiger partial charge in [0.2, 0.25) is 12.7 Å². The maximum absolute atomic E-state index is 13.1. The van der Waals surface area contributed by atoms with E-state index in [-0.39, 0.29) is 24.3 Å². The third kappa shape index (κ3) is 3.66. The number of benzene rings is 2. The fourth-order valence-corrected chi connectivity index (χ4v) is 3.32. The molecule has 30 heavy (non-hydrogen) atoms. The quantitative estimate of drug-likeness (QED) is 0.705. The Balaban J connectivity index is 1.63. The Morgan fingerprint density at radius 3 is 2.57 bits per heavy atom. The van der Waals surface area contributed by atoms with Crippen molar-refractivity contribution in [2.75, 3.05) is 6.79 Å². The molecule has 0 bridgehead atoms. The normalized spacial score (nSPS) is 13.7. The first kappa shape index (κ1) is 19.7. The highest BCUT2D eigenvalue weighted by Crippen LogP contribution is 2.35. The van der Waals surface area contributed by atoms with Crippen LogP contribution in [0.2, 0.25) is 0 Å². The summed E-state index contributed by atoms with van der Waals surface area (Å²) < 4.78 is 12.0. The van der Waals surface area contributed by atoms with Gasteiger partial charge >= 0.3 is 0 Å². The van der Waals surface area contributed by atoms with Gasteiger partial charge in [-0.15, -0.1) is 0 Å². The molecule has 0 saturated heterocycles. The van der Waals surface area contributed by atoms with Crippen molar-refractivity contribution in [2.24, 2.45) is 0 Å². The molecule has 0 spiro atoms. The summed E-state index contributed by atoms with van der Waals surface area (Å²) in [5.74, 6) is 0.999. The molecule has 1 amide bonds. The topological polar surface area (TPSA) is 82.5 Å².